The van der Waals surface area contributed by atoms with Gasteiger partial charge in [0.1, 0.15) is 5.00 Å². The summed E-state index contributed by atoms with van der Waals surface area (Å²) < 4.78 is 5.19. The van der Waals surface area contributed by atoms with Crippen molar-refractivity contribution in [3.8, 4) is 10.4 Å². The molecular formula is C21H18Cl2N2O2S2. The number of nitrogens with one attached hydrogen (secondary N) is 2. The predicted molar refractivity (Wildman–Crippen MR) is 125 cm³/mol. The fraction of sp³-hybridized carbons (Fsp3) is 0.143. The first-order valence-electron chi connectivity index (χ1n) is 8.83. The minimum atomic E-state index is -0.392. The maximum absolute atomic E-state index is 12.4. The summed E-state index contributed by atoms with van der Waals surface area (Å²) in [5.74, 6) is -0.392. The van der Waals surface area contributed by atoms with Gasteiger partial charge in [0.25, 0.3) is 0 Å². The van der Waals surface area contributed by atoms with Crippen LogP contribution in [-0.2, 0) is 11.3 Å². The number of thiocarbonyl (C=S) groups is 1. The van der Waals surface area contributed by atoms with Crippen LogP contribution in [0.2, 0.25) is 10.0 Å². The van der Waals surface area contributed by atoms with Crippen molar-refractivity contribution in [1.29, 1.82) is 0 Å². The van der Waals surface area contributed by atoms with E-state index >= 15 is 0 Å². The van der Waals surface area contributed by atoms with Crippen LogP contribution in [0.15, 0.2) is 54.6 Å². The SMILES string of the molecule is CCOC(=O)c1cc(-c2ccccc2)sc1NC(=S)NCc1ccc(Cl)cc1Cl. The highest BCUT2D eigenvalue weighted by molar-refractivity contribution is 7.80. The molecule has 0 aliphatic rings. The minimum absolute atomic E-state index is 0.298. The Balaban J connectivity index is 1.76. The topological polar surface area (TPSA) is 50.4 Å². The lowest BCUT2D eigenvalue weighted by molar-refractivity contribution is 0.0528. The van der Waals surface area contributed by atoms with Crippen molar-refractivity contribution in [2.24, 2.45) is 0 Å². The number of rotatable bonds is 6. The van der Waals surface area contributed by atoms with Crippen LogP contribution < -0.4 is 10.6 Å². The highest BCUT2D eigenvalue weighted by Crippen LogP contribution is 2.36. The molecule has 0 atom stereocenters. The van der Waals surface area contributed by atoms with Crippen molar-refractivity contribution in [1.82, 2.24) is 5.32 Å². The summed E-state index contributed by atoms with van der Waals surface area (Å²) in [5.41, 5.74) is 2.33. The van der Waals surface area contributed by atoms with Gasteiger partial charge in [0, 0.05) is 21.5 Å². The molecule has 1 heterocycles. The number of hydrogen-bond donors (Lipinski definition) is 2. The van der Waals surface area contributed by atoms with Gasteiger partial charge in [0.15, 0.2) is 5.11 Å². The van der Waals surface area contributed by atoms with E-state index in [9.17, 15) is 4.79 Å². The molecule has 0 amide bonds. The number of thiophene rings is 1. The van der Waals surface area contributed by atoms with E-state index in [0.717, 1.165) is 16.0 Å². The van der Waals surface area contributed by atoms with E-state index in [1.54, 1.807) is 19.1 Å². The monoisotopic (exact) mass is 464 g/mol. The second kappa shape index (κ2) is 10.1. The van der Waals surface area contributed by atoms with Crippen LogP contribution in [0, 0.1) is 0 Å². The fourth-order valence-corrected chi connectivity index (χ4v) is 4.35. The minimum Gasteiger partial charge on any atom is -0.462 e. The quantitative estimate of drug-likeness (QED) is 0.327. The Hall–Kier alpha value is -2.12. The fourth-order valence-electron chi connectivity index (χ4n) is 2.58. The Kier molecular flexibility index (Phi) is 7.50. The summed E-state index contributed by atoms with van der Waals surface area (Å²) in [6.45, 7) is 2.50. The van der Waals surface area contributed by atoms with Crippen LogP contribution >= 0.6 is 46.8 Å². The summed E-state index contributed by atoms with van der Waals surface area (Å²) in [7, 11) is 0. The van der Waals surface area contributed by atoms with Gasteiger partial charge in [-0.2, -0.15) is 0 Å². The second-order valence-corrected chi connectivity index (χ2v) is 8.29. The van der Waals surface area contributed by atoms with Gasteiger partial charge in [-0.05, 0) is 48.5 Å². The molecule has 0 spiro atoms. The number of anilines is 1. The lowest BCUT2D eigenvalue weighted by Crippen LogP contribution is -2.28. The van der Waals surface area contributed by atoms with Crippen molar-refractivity contribution < 1.29 is 9.53 Å². The molecule has 1 aromatic heterocycles. The van der Waals surface area contributed by atoms with Gasteiger partial charge in [-0.25, -0.2) is 4.79 Å². The molecule has 0 saturated carbocycles. The number of ether oxygens (including phenoxy) is 1. The smallest absolute Gasteiger partial charge is 0.341 e. The number of hydrogen-bond acceptors (Lipinski definition) is 4. The lowest BCUT2D eigenvalue weighted by Gasteiger charge is -2.11. The molecule has 3 aromatic rings. The molecule has 4 nitrogen and oxygen atoms in total. The van der Waals surface area contributed by atoms with Crippen LogP contribution in [0.25, 0.3) is 10.4 Å². The van der Waals surface area contributed by atoms with Crippen molar-refractivity contribution in [2.75, 3.05) is 11.9 Å². The van der Waals surface area contributed by atoms with E-state index in [1.807, 2.05) is 42.5 Å². The molecule has 3 rings (SSSR count). The highest BCUT2D eigenvalue weighted by atomic mass is 35.5. The third-order valence-electron chi connectivity index (χ3n) is 3.97. The molecule has 2 N–H and O–H groups in total. The Morgan fingerprint density at radius 1 is 1.14 bits per heavy atom. The molecule has 0 saturated heterocycles. The molecule has 0 aliphatic heterocycles. The summed E-state index contributed by atoms with van der Waals surface area (Å²) in [6, 6.07) is 16.9. The molecule has 0 unspecified atom stereocenters. The number of benzene rings is 2. The van der Waals surface area contributed by atoms with Gasteiger partial charge in [-0.1, -0.05) is 59.6 Å². The van der Waals surface area contributed by atoms with Crippen LogP contribution in [0.3, 0.4) is 0 Å². The lowest BCUT2D eigenvalue weighted by atomic mass is 10.1. The average Bonchev–Trinajstić information content (AvgIpc) is 3.12. The predicted octanol–water partition coefficient (Wildman–Crippen LogP) is 6.39. The van der Waals surface area contributed by atoms with Gasteiger partial charge in [-0.15, -0.1) is 11.3 Å². The van der Waals surface area contributed by atoms with Gasteiger partial charge in [0.2, 0.25) is 0 Å². The Bertz CT molecular complexity index is 1020. The molecular weight excluding hydrogens is 447 g/mol. The third-order valence-corrected chi connectivity index (χ3v) is 5.90. The zero-order valence-corrected chi connectivity index (χ0v) is 18.6. The summed E-state index contributed by atoms with van der Waals surface area (Å²) in [6.07, 6.45) is 0. The van der Waals surface area contributed by atoms with E-state index in [2.05, 4.69) is 10.6 Å². The normalized spacial score (nSPS) is 10.4. The molecule has 0 radical (unpaired) electrons. The number of halogens is 2. The standard InChI is InChI=1S/C21H18Cl2N2O2S2/c1-2-27-20(26)16-11-18(13-6-4-3-5-7-13)29-19(16)25-21(28)24-12-14-8-9-15(22)10-17(14)23/h3-11H,2,12H2,1H3,(H2,24,25,28). The molecule has 0 aliphatic carbocycles. The molecule has 0 bridgehead atoms. The van der Waals surface area contributed by atoms with E-state index in [4.69, 9.17) is 40.2 Å². The molecule has 0 fully saturated rings. The van der Waals surface area contributed by atoms with Crippen molar-refractivity contribution in [3.05, 3.63) is 75.8 Å². The Labute approximate surface area is 188 Å². The average molecular weight is 465 g/mol. The molecule has 8 heteroatoms. The number of carbonyl (C=O) groups is 1. The zero-order chi connectivity index (χ0) is 20.8. The first-order chi connectivity index (χ1) is 14.0. The van der Waals surface area contributed by atoms with Crippen LogP contribution in [0.4, 0.5) is 5.00 Å². The van der Waals surface area contributed by atoms with Crippen LogP contribution in [-0.4, -0.2) is 17.7 Å². The second-order valence-electron chi connectivity index (χ2n) is 5.98. The van der Waals surface area contributed by atoms with Gasteiger partial charge < -0.3 is 15.4 Å². The zero-order valence-electron chi connectivity index (χ0n) is 15.5. The van der Waals surface area contributed by atoms with Crippen molar-refractivity contribution in [2.45, 2.75) is 13.5 Å². The van der Waals surface area contributed by atoms with Gasteiger partial charge in [-0.3, -0.25) is 0 Å². The van der Waals surface area contributed by atoms with Crippen molar-refractivity contribution >= 4 is 62.8 Å². The van der Waals surface area contributed by atoms with Crippen LogP contribution in [0.5, 0.6) is 0 Å². The molecule has 150 valence electrons. The number of esters is 1. The van der Waals surface area contributed by atoms with E-state index in [-0.39, 0.29) is 0 Å². The number of carbonyl (C=O) groups excluding carboxylic acids is 1. The highest BCUT2D eigenvalue weighted by Gasteiger charge is 2.19. The van der Waals surface area contributed by atoms with Gasteiger partial charge in [0.05, 0.1) is 12.2 Å². The first-order valence-corrected chi connectivity index (χ1v) is 10.8. The maximum Gasteiger partial charge on any atom is 0.341 e. The van der Waals surface area contributed by atoms with E-state index in [1.165, 1.54) is 11.3 Å². The molecule has 2 aromatic carbocycles. The van der Waals surface area contributed by atoms with Crippen molar-refractivity contribution in [3.63, 3.8) is 0 Å². The summed E-state index contributed by atoms with van der Waals surface area (Å²) >= 11 is 19.0. The molecule has 29 heavy (non-hydrogen) atoms. The third kappa shape index (κ3) is 5.70. The van der Waals surface area contributed by atoms with Gasteiger partial charge >= 0.3 is 5.97 Å². The summed E-state index contributed by atoms with van der Waals surface area (Å²) in [4.78, 5) is 13.3. The van der Waals surface area contributed by atoms with E-state index in [0.29, 0.717) is 38.9 Å². The Morgan fingerprint density at radius 2 is 1.90 bits per heavy atom. The largest absolute Gasteiger partial charge is 0.462 e. The summed E-state index contributed by atoms with van der Waals surface area (Å²) in [5, 5.41) is 8.35. The Morgan fingerprint density at radius 3 is 2.59 bits per heavy atom. The maximum atomic E-state index is 12.4. The van der Waals surface area contributed by atoms with E-state index < -0.39 is 5.97 Å². The van der Waals surface area contributed by atoms with Crippen LogP contribution in [0.1, 0.15) is 22.8 Å². The first kappa shape index (κ1) is 21.6.